The van der Waals surface area contributed by atoms with Crippen LogP contribution in [0.25, 0.3) is 0 Å². The first-order chi connectivity index (χ1) is 11.0. The number of anilines is 1. The van der Waals surface area contributed by atoms with E-state index in [4.69, 9.17) is 0 Å². The lowest BCUT2D eigenvalue weighted by Gasteiger charge is -2.30. The lowest BCUT2D eigenvalue weighted by Crippen LogP contribution is -2.40. The Labute approximate surface area is 137 Å². The molecule has 1 saturated heterocycles. The number of aromatic amines is 1. The van der Waals surface area contributed by atoms with Crippen LogP contribution in [0.2, 0.25) is 0 Å². The molecular formula is C17H26N4O2. The van der Waals surface area contributed by atoms with Crippen molar-refractivity contribution in [3.63, 3.8) is 0 Å². The van der Waals surface area contributed by atoms with E-state index in [2.05, 4.69) is 35.9 Å². The number of carbonyl (C=O) groups is 2. The van der Waals surface area contributed by atoms with Gasteiger partial charge in [0, 0.05) is 30.8 Å². The van der Waals surface area contributed by atoms with E-state index in [0.717, 1.165) is 18.5 Å². The van der Waals surface area contributed by atoms with Crippen LogP contribution in [0.15, 0.2) is 18.7 Å². The fraction of sp³-hybridized carbons (Fsp3) is 0.588. The summed E-state index contributed by atoms with van der Waals surface area (Å²) in [6.45, 7) is 8.99. The highest BCUT2D eigenvalue weighted by Crippen LogP contribution is 2.22. The fourth-order valence-electron chi connectivity index (χ4n) is 2.96. The summed E-state index contributed by atoms with van der Waals surface area (Å²) in [7, 11) is 0. The predicted molar refractivity (Wildman–Crippen MR) is 90.0 cm³/mol. The summed E-state index contributed by atoms with van der Waals surface area (Å²) in [4.78, 5) is 25.6. The molecule has 6 heteroatoms. The first-order valence-electron chi connectivity index (χ1n) is 8.32. The molecule has 0 bridgehead atoms. The van der Waals surface area contributed by atoms with E-state index >= 15 is 0 Å². The van der Waals surface area contributed by atoms with Gasteiger partial charge in [-0.2, -0.15) is 5.10 Å². The number of hydrogen-bond acceptors (Lipinski definition) is 3. The highest BCUT2D eigenvalue weighted by molar-refractivity contribution is 5.92. The molecule has 2 rings (SSSR count). The second kappa shape index (κ2) is 7.94. The predicted octanol–water partition coefficient (Wildman–Crippen LogP) is 2.68. The van der Waals surface area contributed by atoms with Gasteiger partial charge in [-0.25, -0.2) is 0 Å². The van der Waals surface area contributed by atoms with Crippen LogP contribution in [0.3, 0.4) is 0 Å². The summed E-state index contributed by atoms with van der Waals surface area (Å²) in [6.07, 6.45) is 4.88. The number of H-pyrrole nitrogens is 1. The third kappa shape index (κ3) is 4.43. The molecule has 1 aliphatic heterocycles. The lowest BCUT2D eigenvalue weighted by molar-refractivity contribution is -0.130. The largest absolute Gasteiger partial charge is 0.339 e. The molecular weight excluding hydrogens is 292 g/mol. The van der Waals surface area contributed by atoms with Crippen molar-refractivity contribution < 1.29 is 9.59 Å². The minimum absolute atomic E-state index is 0.0168. The number of rotatable bonds is 6. The number of amides is 2. The molecule has 1 atom stereocenters. The molecule has 0 aliphatic carbocycles. The van der Waals surface area contributed by atoms with Crippen molar-refractivity contribution in [1.82, 2.24) is 15.1 Å². The highest BCUT2D eigenvalue weighted by Gasteiger charge is 2.26. The van der Waals surface area contributed by atoms with Gasteiger partial charge in [0.05, 0.1) is 0 Å². The number of hydrogen-bond donors (Lipinski definition) is 2. The first-order valence-corrected chi connectivity index (χ1v) is 8.32. The number of piperidine rings is 1. The second-order valence-corrected chi connectivity index (χ2v) is 6.19. The topological polar surface area (TPSA) is 78.1 Å². The third-order valence-corrected chi connectivity index (χ3v) is 4.45. The monoisotopic (exact) mass is 318 g/mol. The molecule has 2 amide bonds. The Kier molecular flexibility index (Phi) is 5.96. The van der Waals surface area contributed by atoms with Crippen molar-refractivity contribution in [3.05, 3.63) is 24.4 Å². The van der Waals surface area contributed by atoms with E-state index < -0.39 is 0 Å². The zero-order valence-corrected chi connectivity index (χ0v) is 14.0. The summed E-state index contributed by atoms with van der Waals surface area (Å²) in [6, 6.07) is 1.91. The lowest BCUT2D eigenvalue weighted by atomic mass is 9.96. The van der Waals surface area contributed by atoms with Crippen LogP contribution in [0.4, 0.5) is 5.82 Å². The second-order valence-electron chi connectivity index (χ2n) is 6.19. The van der Waals surface area contributed by atoms with Gasteiger partial charge in [-0.3, -0.25) is 14.7 Å². The molecule has 0 spiro atoms. The Bertz CT molecular complexity index is 559. The number of nitrogens with zero attached hydrogens (tertiary/aromatic N) is 2. The van der Waals surface area contributed by atoms with E-state index in [-0.39, 0.29) is 17.7 Å². The van der Waals surface area contributed by atoms with E-state index in [1.54, 1.807) is 4.90 Å². The number of likely N-dealkylation sites (tertiary alicyclic amines) is 1. The van der Waals surface area contributed by atoms with Crippen LogP contribution in [0.1, 0.15) is 51.1 Å². The van der Waals surface area contributed by atoms with Crippen LogP contribution in [-0.2, 0) is 9.59 Å². The Hall–Kier alpha value is -2.11. The molecule has 0 aromatic carbocycles. The summed E-state index contributed by atoms with van der Waals surface area (Å²) in [5, 5.41) is 10.1. The van der Waals surface area contributed by atoms with Gasteiger partial charge in [-0.1, -0.05) is 26.8 Å². The third-order valence-electron chi connectivity index (χ3n) is 4.45. The molecule has 2 N–H and O–H groups in total. The molecule has 1 aromatic rings. The minimum Gasteiger partial charge on any atom is -0.339 e. The van der Waals surface area contributed by atoms with E-state index in [9.17, 15) is 9.59 Å². The molecule has 6 nitrogen and oxygen atoms in total. The molecule has 0 saturated carbocycles. The van der Waals surface area contributed by atoms with Crippen LogP contribution in [0, 0.1) is 5.92 Å². The van der Waals surface area contributed by atoms with Gasteiger partial charge in [-0.15, -0.1) is 0 Å². The smallest absolute Gasteiger partial charge is 0.245 e. The minimum atomic E-state index is -0.0721. The SMILES string of the molecule is C=CC(=O)N1CCC(C(=O)Nc2cc(C(C)CCC)[nH]n2)CC1. The van der Waals surface area contributed by atoms with Crippen LogP contribution in [-0.4, -0.2) is 40.0 Å². The maximum absolute atomic E-state index is 12.3. The van der Waals surface area contributed by atoms with Crippen LogP contribution in [0.5, 0.6) is 0 Å². The molecule has 2 heterocycles. The molecule has 23 heavy (non-hydrogen) atoms. The number of nitrogens with one attached hydrogen (secondary N) is 2. The van der Waals surface area contributed by atoms with Gasteiger partial charge in [0.1, 0.15) is 0 Å². The van der Waals surface area contributed by atoms with E-state index in [1.165, 1.54) is 6.08 Å². The summed E-state index contributed by atoms with van der Waals surface area (Å²) >= 11 is 0. The van der Waals surface area contributed by atoms with E-state index in [0.29, 0.717) is 37.7 Å². The van der Waals surface area contributed by atoms with Crippen molar-refractivity contribution in [3.8, 4) is 0 Å². The summed E-state index contributed by atoms with van der Waals surface area (Å²) in [5.41, 5.74) is 1.05. The Balaban J connectivity index is 1.86. The Morgan fingerprint density at radius 1 is 1.52 bits per heavy atom. The molecule has 1 aromatic heterocycles. The number of carbonyl (C=O) groups excluding carboxylic acids is 2. The Morgan fingerprint density at radius 3 is 2.83 bits per heavy atom. The highest BCUT2D eigenvalue weighted by atomic mass is 16.2. The van der Waals surface area contributed by atoms with Crippen LogP contribution < -0.4 is 5.32 Å². The average molecular weight is 318 g/mol. The standard InChI is InChI=1S/C17H26N4O2/c1-4-6-12(3)14-11-15(20-19-14)18-17(23)13-7-9-21(10-8-13)16(22)5-2/h5,11-13H,2,4,6-10H2,1,3H3,(H2,18,19,20,23). The van der Waals surface area contributed by atoms with Crippen molar-refractivity contribution in [2.75, 3.05) is 18.4 Å². The molecule has 0 radical (unpaired) electrons. The van der Waals surface area contributed by atoms with Gasteiger partial charge >= 0.3 is 0 Å². The Morgan fingerprint density at radius 2 is 2.22 bits per heavy atom. The van der Waals surface area contributed by atoms with E-state index in [1.807, 2.05) is 6.07 Å². The van der Waals surface area contributed by atoms with Gasteiger partial charge in [0.25, 0.3) is 0 Å². The van der Waals surface area contributed by atoms with Gasteiger partial charge < -0.3 is 10.2 Å². The maximum atomic E-state index is 12.3. The number of aromatic nitrogens is 2. The molecule has 1 fully saturated rings. The molecule has 1 aliphatic rings. The first kappa shape index (κ1) is 17.2. The van der Waals surface area contributed by atoms with Gasteiger partial charge in [-0.05, 0) is 31.3 Å². The van der Waals surface area contributed by atoms with Crippen LogP contribution >= 0.6 is 0 Å². The zero-order valence-electron chi connectivity index (χ0n) is 14.0. The van der Waals surface area contributed by atoms with Gasteiger partial charge in [0.15, 0.2) is 5.82 Å². The summed E-state index contributed by atoms with van der Waals surface area (Å²) < 4.78 is 0. The zero-order chi connectivity index (χ0) is 16.8. The van der Waals surface area contributed by atoms with Crippen molar-refractivity contribution >= 4 is 17.6 Å². The fourth-order valence-corrected chi connectivity index (χ4v) is 2.96. The summed E-state index contributed by atoms with van der Waals surface area (Å²) in [5.74, 6) is 0.837. The maximum Gasteiger partial charge on any atom is 0.245 e. The van der Waals surface area contributed by atoms with Crippen molar-refractivity contribution in [2.45, 2.75) is 45.4 Å². The van der Waals surface area contributed by atoms with Crippen molar-refractivity contribution in [2.24, 2.45) is 5.92 Å². The van der Waals surface area contributed by atoms with Gasteiger partial charge in [0.2, 0.25) is 11.8 Å². The van der Waals surface area contributed by atoms with Crippen molar-refractivity contribution in [1.29, 1.82) is 0 Å². The average Bonchev–Trinajstić information content (AvgIpc) is 3.03. The normalized spacial score (nSPS) is 16.9. The molecule has 126 valence electrons. The quantitative estimate of drug-likeness (QED) is 0.792. The molecule has 1 unspecified atom stereocenters.